The Hall–Kier alpha value is -3.97. The average Bonchev–Trinajstić information content (AvgIpc) is 3.55. The van der Waals surface area contributed by atoms with Crippen LogP contribution in [0.2, 0.25) is 0 Å². The highest BCUT2D eigenvalue weighted by Crippen LogP contribution is 2.45. The lowest BCUT2D eigenvalue weighted by Gasteiger charge is -2.23. The van der Waals surface area contributed by atoms with Gasteiger partial charge in [0.2, 0.25) is 0 Å². The molecule has 3 aromatic carbocycles. The Morgan fingerprint density at radius 1 is 1.11 bits per heavy atom. The molecule has 0 saturated carbocycles. The number of hydrogen-bond acceptors (Lipinski definition) is 6. The molecule has 7 heteroatoms. The Morgan fingerprint density at radius 2 is 1.92 bits per heavy atom. The summed E-state index contributed by atoms with van der Waals surface area (Å²) in [6.45, 7) is 8.21. The monoisotopic (exact) mass is 524 g/mol. The largest absolute Gasteiger partial charge is 0.507 e. The van der Waals surface area contributed by atoms with Gasteiger partial charge in [-0.15, -0.1) is 0 Å². The van der Waals surface area contributed by atoms with Crippen LogP contribution in [-0.4, -0.2) is 27.9 Å². The lowest BCUT2D eigenvalue weighted by atomic mass is 9.94. The van der Waals surface area contributed by atoms with Crippen LogP contribution in [0.15, 0.2) is 66.2 Å². The molecule has 3 heterocycles. The molecular formula is C31H28N2O4S. The number of aryl methyl sites for hydroxylation is 1. The van der Waals surface area contributed by atoms with Crippen molar-refractivity contribution in [2.45, 2.75) is 52.2 Å². The third-order valence-electron chi connectivity index (χ3n) is 7.25. The number of ketones is 1. The molecule has 1 fully saturated rings. The minimum absolute atomic E-state index is 0.0514. The van der Waals surface area contributed by atoms with Crippen LogP contribution in [0.4, 0.5) is 5.13 Å². The molecule has 2 aliphatic rings. The molecule has 0 bridgehead atoms. The zero-order chi connectivity index (χ0) is 26.7. The van der Waals surface area contributed by atoms with Gasteiger partial charge in [0.1, 0.15) is 17.6 Å². The van der Waals surface area contributed by atoms with Crippen LogP contribution in [-0.2, 0) is 16.0 Å². The van der Waals surface area contributed by atoms with E-state index in [-0.39, 0.29) is 17.4 Å². The third kappa shape index (κ3) is 3.98. The van der Waals surface area contributed by atoms with Crippen LogP contribution >= 0.6 is 11.3 Å². The Bertz CT molecular complexity index is 1650. The second-order valence-electron chi connectivity index (χ2n) is 10.4. The van der Waals surface area contributed by atoms with Gasteiger partial charge in [0.25, 0.3) is 5.78 Å². The number of benzene rings is 3. The standard InChI is InChI=1S/C31H28N2O4S/c1-16(2)19-8-10-23-25(15-19)38-31(32-23)33-27(20-7-5-6-17(3)12-20)26(29(35)30(33)36)28(34)21-9-11-24-22(14-21)13-18(4)37-24/h5-12,14-16,18,27,34H,13H2,1-4H3/b28-26+. The maximum atomic E-state index is 13.6. The molecule has 0 radical (unpaired) electrons. The first kappa shape index (κ1) is 24.4. The Labute approximate surface area is 225 Å². The van der Waals surface area contributed by atoms with Crippen LogP contribution in [0.25, 0.3) is 16.0 Å². The fraction of sp³-hybridized carbons (Fsp3) is 0.258. The summed E-state index contributed by atoms with van der Waals surface area (Å²) in [5.41, 5.74) is 5.20. The van der Waals surface area contributed by atoms with E-state index in [1.165, 1.54) is 21.8 Å². The molecule has 6 nitrogen and oxygen atoms in total. The van der Waals surface area contributed by atoms with E-state index in [0.717, 1.165) is 39.1 Å². The predicted octanol–water partition coefficient (Wildman–Crippen LogP) is 6.68. The average molecular weight is 525 g/mol. The van der Waals surface area contributed by atoms with Crippen LogP contribution in [0.5, 0.6) is 5.75 Å². The number of carbonyl (C=O) groups excluding carboxylic acids is 2. The van der Waals surface area contributed by atoms with Gasteiger partial charge in [-0.1, -0.05) is 61.1 Å². The zero-order valence-electron chi connectivity index (χ0n) is 21.7. The number of amides is 1. The van der Waals surface area contributed by atoms with Crippen LogP contribution < -0.4 is 9.64 Å². The Kier molecular flexibility index (Phi) is 5.83. The summed E-state index contributed by atoms with van der Waals surface area (Å²) >= 11 is 1.38. The minimum Gasteiger partial charge on any atom is -0.507 e. The minimum atomic E-state index is -0.802. The summed E-state index contributed by atoms with van der Waals surface area (Å²) in [7, 11) is 0. The second kappa shape index (κ2) is 9.10. The number of aliphatic hydroxyl groups is 1. The highest BCUT2D eigenvalue weighted by atomic mass is 32.1. The number of anilines is 1. The van der Waals surface area contributed by atoms with Crippen molar-refractivity contribution in [2.75, 3.05) is 4.90 Å². The number of rotatable bonds is 4. The molecular weight excluding hydrogens is 496 g/mol. The number of aromatic nitrogens is 1. The lowest BCUT2D eigenvalue weighted by molar-refractivity contribution is -0.132. The van der Waals surface area contributed by atoms with Crippen molar-refractivity contribution in [3.8, 4) is 5.75 Å². The van der Waals surface area contributed by atoms with Gasteiger partial charge in [-0.05, 0) is 66.8 Å². The van der Waals surface area contributed by atoms with E-state index in [1.807, 2.05) is 62.4 Å². The van der Waals surface area contributed by atoms with Gasteiger partial charge < -0.3 is 9.84 Å². The first-order valence-corrected chi connectivity index (χ1v) is 13.6. The first-order valence-electron chi connectivity index (χ1n) is 12.8. The molecule has 1 N–H and O–H groups in total. The van der Waals surface area contributed by atoms with Crippen molar-refractivity contribution < 1.29 is 19.4 Å². The molecule has 192 valence electrons. The van der Waals surface area contributed by atoms with E-state index < -0.39 is 17.7 Å². The predicted molar refractivity (Wildman–Crippen MR) is 150 cm³/mol. The number of carbonyl (C=O) groups is 2. The first-order chi connectivity index (χ1) is 18.2. The van der Waals surface area contributed by atoms with Crippen LogP contribution in [0.3, 0.4) is 0 Å². The molecule has 1 aromatic heterocycles. The summed E-state index contributed by atoms with van der Waals surface area (Å²) in [5, 5.41) is 12.0. The van der Waals surface area contributed by atoms with E-state index in [0.29, 0.717) is 16.6 Å². The lowest BCUT2D eigenvalue weighted by Crippen LogP contribution is -2.29. The highest BCUT2D eigenvalue weighted by Gasteiger charge is 2.48. The molecule has 38 heavy (non-hydrogen) atoms. The highest BCUT2D eigenvalue weighted by molar-refractivity contribution is 7.22. The summed E-state index contributed by atoms with van der Waals surface area (Å²) < 4.78 is 6.75. The fourth-order valence-corrected chi connectivity index (χ4v) is 6.34. The van der Waals surface area contributed by atoms with E-state index in [9.17, 15) is 14.7 Å². The topological polar surface area (TPSA) is 79.7 Å². The van der Waals surface area contributed by atoms with Crippen LogP contribution in [0.1, 0.15) is 60.5 Å². The van der Waals surface area contributed by atoms with Gasteiger partial charge in [-0.2, -0.15) is 0 Å². The Balaban J connectivity index is 1.52. The molecule has 0 aliphatic carbocycles. The normalized spacial score (nSPS) is 20.4. The summed E-state index contributed by atoms with van der Waals surface area (Å²) in [4.78, 5) is 33.3. The van der Waals surface area contributed by atoms with Crippen molar-refractivity contribution in [2.24, 2.45) is 0 Å². The number of aliphatic hydroxyl groups excluding tert-OH is 1. The maximum absolute atomic E-state index is 13.6. The van der Waals surface area contributed by atoms with Crippen LogP contribution in [0, 0.1) is 6.92 Å². The van der Waals surface area contributed by atoms with E-state index in [4.69, 9.17) is 9.72 Å². The second-order valence-corrected chi connectivity index (χ2v) is 11.4. The summed E-state index contributed by atoms with van der Waals surface area (Å²) in [6.07, 6.45) is 0.770. The van der Waals surface area contributed by atoms with Crippen molar-refractivity contribution in [3.05, 3.63) is 94.1 Å². The molecule has 0 spiro atoms. The number of nitrogens with zero attached hydrogens (tertiary/aromatic N) is 2. The number of ether oxygens (including phenoxy) is 1. The SMILES string of the molecule is Cc1cccc(C2/C(=C(\O)c3ccc4c(c3)CC(C)O4)C(=O)C(=O)N2c2nc3ccc(C(C)C)cc3s2)c1. The molecule has 2 aliphatic heterocycles. The quantitative estimate of drug-likeness (QED) is 0.183. The van der Waals surface area contributed by atoms with Crippen molar-refractivity contribution in [3.63, 3.8) is 0 Å². The summed E-state index contributed by atoms with van der Waals surface area (Å²) in [5.74, 6) is -0.476. The number of thiazole rings is 1. The van der Waals surface area contributed by atoms with Gasteiger partial charge in [0.05, 0.1) is 21.8 Å². The number of fused-ring (bicyclic) bond motifs is 2. The van der Waals surface area contributed by atoms with Gasteiger partial charge in [-0.3, -0.25) is 14.5 Å². The molecule has 2 atom stereocenters. The molecule has 2 unspecified atom stereocenters. The van der Waals surface area contributed by atoms with Gasteiger partial charge >= 0.3 is 5.91 Å². The Morgan fingerprint density at radius 3 is 2.68 bits per heavy atom. The molecule has 6 rings (SSSR count). The molecule has 1 saturated heterocycles. The van der Waals surface area contributed by atoms with Gasteiger partial charge in [0.15, 0.2) is 5.13 Å². The van der Waals surface area contributed by atoms with Gasteiger partial charge in [0, 0.05) is 12.0 Å². The van der Waals surface area contributed by atoms with Gasteiger partial charge in [-0.25, -0.2) is 4.98 Å². The number of hydrogen-bond donors (Lipinski definition) is 1. The fourth-order valence-electron chi connectivity index (χ4n) is 5.30. The van der Waals surface area contributed by atoms with E-state index in [2.05, 4.69) is 19.9 Å². The maximum Gasteiger partial charge on any atom is 0.301 e. The number of Topliss-reactive ketones (excluding diaryl/α,β-unsaturated/α-hetero) is 1. The zero-order valence-corrected chi connectivity index (χ0v) is 22.5. The molecule has 1 amide bonds. The smallest absolute Gasteiger partial charge is 0.301 e. The van der Waals surface area contributed by atoms with E-state index in [1.54, 1.807) is 6.07 Å². The third-order valence-corrected chi connectivity index (χ3v) is 8.26. The van der Waals surface area contributed by atoms with Crippen molar-refractivity contribution >= 4 is 44.1 Å². The molecule has 4 aromatic rings. The summed E-state index contributed by atoms with van der Waals surface area (Å²) in [6, 6.07) is 18.4. The van der Waals surface area contributed by atoms with Crippen molar-refractivity contribution in [1.29, 1.82) is 0 Å². The van der Waals surface area contributed by atoms with E-state index >= 15 is 0 Å². The van der Waals surface area contributed by atoms with Crippen molar-refractivity contribution in [1.82, 2.24) is 4.98 Å².